The number of thiazole rings is 1. The van der Waals surface area contributed by atoms with E-state index < -0.39 is 6.10 Å². The van der Waals surface area contributed by atoms with Crippen LogP contribution < -0.4 is 0 Å². The van der Waals surface area contributed by atoms with Gasteiger partial charge in [0.05, 0.1) is 24.3 Å². The molecule has 4 nitrogen and oxygen atoms in total. The van der Waals surface area contributed by atoms with E-state index in [1.165, 1.54) is 29.8 Å². The lowest BCUT2D eigenvalue weighted by molar-refractivity contribution is 0.159. The molecule has 0 bridgehead atoms. The van der Waals surface area contributed by atoms with E-state index in [1.807, 2.05) is 18.3 Å². The lowest BCUT2D eigenvalue weighted by atomic mass is 10.1. The van der Waals surface area contributed by atoms with Gasteiger partial charge in [-0.15, -0.1) is 11.3 Å². The molecule has 1 aliphatic rings. The van der Waals surface area contributed by atoms with Gasteiger partial charge >= 0.3 is 0 Å². The largest absolute Gasteiger partial charge is 0.469 e. The van der Waals surface area contributed by atoms with Crippen LogP contribution in [0.4, 0.5) is 0 Å². The summed E-state index contributed by atoms with van der Waals surface area (Å²) in [7, 11) is 0. The third-order valence-electron chi connectivity index (χ3n) is 4.47. The Kier molecular flexibility index (Phi) is 3.76. The molecule has 0 aromatic carbocycles. The van der Waals surface area contributed by atoms with Crippen molar-refractivity contribution >= 4 is 16.3 Å². The smallest absolute Gasteiger partial charge is 0.194 e. The average molecular weight is 316 g/mol. The van der Waals surface area contributed by atoms with Gasteiger partial charge < -0.3 is 9.52 Å². The highest BCUT2D eigenvalue weighted by Gasteiger charge is 2.21. The number of aliphatic hydroxyl groups excluding tert-OH is 1. The molecular formula is C17H20N2O2S. The molecule has 4 rings (SSSR count). The number of fused-ring (bicyclic) bond motifs is 3. The van der Waals surface area contributed by atoms with Crippen molar-refractivity contribution in [1.82, 2.24) is 9.38 Å². The molecule has 0 fully saturated rings. The Morgan fingerprint density at radius 1 is 1.32 bits per heavy atom. The lowest BCUT2D eigenvalue weighted by Gasteiger charge is -2.10. The third kappa shape index (κ3) is 2.48. The van der Waals surface area contributed by atoms with Gasteiger partial charge in [-0.25, -0.2) is 4.98 Å². The van der Waals surface area contributed by atoms with Crippen LogP contribution in [0.25, 0.3) is 4.96 Å². The van der Waals surface area contributed by atoms with Crippen molar-refractivity contribution in [2.24, 2.45) is 0 Å². The molecule has 3 aromatic rings. The van der Waals surface area contributed by atoms with Crippen LogP contribution in [0.15, 0.2) is 29.0 Å². The van der Waals surface area contributed by atoms with Crippen molar-refractivity contribution in [2.45, 2.75) is 51.0 Å². The normalized spacial score (nSPS) is 16.6. The Labute approximate surface area is 133 Å². The van der Waals surface area contributed by atoms with Gasteiger partial charge in [-0.1, -0.05) is 6.42 Å². The maximum absolute atomic E-state index is 10.6. The summed E-state index contributed by atoms with van der Waals surface area (Å²) in [4.78, 5) is 7.00. The monoisotopic (exact) mass is 316 g/mol. The van der Waals surface area contributed by atoms with Crippen molar-refractivity contribution in [3.63, 3.8) is 0 Å². The number of nitrogens with zero attached hydrogens (tertiary/aromatic N) is 2. The first-order chi connectivity index (χ1) is 10.8. The fourth-order valence-corrected chi connectivity index (χ4v) is 4.49. The molecule has 0 saturated carbocycles. The highest BCUT2D eigenvalue weighted by atomic mass is 32.1. The fourth-order valence-electron chi connectivity index (χ4n) is 3.30. The summed E-state index contributed by atoms with van der Waals surface area (Å²) in [6.45, 7) is 0. The van der Waals surface area contributed by atoms with Crippen LogP contribution in [0.1, 0.15) is 53.8 Å². The minimum atomic E-state index is -0.498. The maximum atomic E-state index is 10.6. The van der Waals surface area contributed by atoms with Gasteiger partial charge in [-0.2, -0.15) is 0 Å². The van der Waals surface area contributed by atoms with E-state index in [-0.39, 0.29) is 0 Å². The molecule has 0 amide bonds. The Balaban J connectivity index is 1.62. The zero-order valence-corrected chi connectivity index (χ0v) is 13.3. The van der Waals surface area contributed by atoms with E-state index in [9.17, 15) is 5.11 Å². The molecule has 0 saturated heterocycles. The minimum absolute atomic E-state index is 0.498. The molecule has 22 heavy (non-hydrogen) atoms. The van der Waals surface area contributed by atoms with Crippen molar-refractivity contribution < 1.29 is 9.52 Å². The third-order valence-corrected chi connectivity index (χ3v) is 5.62. The van der Waals surface area contributed by atoms with Crippen LogP contribution in [0, 0.1) is 0 Å². The Hall–Kier alpha value is -1.59. The first kappa shape index (κ1) is 14.0. The quantitative estimate of drug-likeness (QED) is 0.742. The predicted molar refractivity (Wildman–Crippen MR) is 86.3 cm³/mol. The van der Waals surface area contributed by atoms with E-state index in [0.29, 0.717) is 6.42 Å². The highest BCUT2D eigenvalue weighted by Crippen LogP contribution is 2.32. The molecule has 0 aliphatic heterocycles. The zero-order chi connectivity index (χ0) is 14.9. The minimum Gasteiger partial charge on any atom is -0.469 e. The van der Waals surface area contributed by atoms with E-state index >= 15 is 0 Å². The summed E-state index contributed by atoms with van der Waals surface area (Å²) in [5.41, 5.74) is 2.31. The standard InChI is InChI=1S/C17H20N2O2S/c20-15(9-8-12-5-4-10-21-12)14-11-18-17-19(14)13-6-2-1-3-7-16(13)22-17/h4-5,10-11,15,20H,1-3,6-9H2. The lowest BCUT2D eigenvalue weighted by Crippen LogP contribution is -2.05. The highest BCUT2D eigenvalue weighted by molar-refractivity contribution is 7.17. The maximum Gasteiger partial charge on any atom is 0.194 e. The zero-order valence-electron chi connectivity index (χ0n) is 12.5. The van der Waals surface area contributed by atoms with E-state index in [2.05, 4.69) is 9.38 Å². The molecule has 1 atom stereocenters. The summed E-state index contributed by atoms with van der Waals surface area (Å²) < 4.78 is 7.56. The van der Waals surface area contributed by atoms with Crippen LogP contribution in [-0.2, 0) is 19.3 Å². The predicted octanol–water partition coefficient (Wildman–Crippen LogP) is 3.92. The number of hydrogen-bond donors (Lipinski definition) is 1. The number of aromatic nitrogens is 2. The summed E-state index contributed by atoms with van der Waals surface area (Å²) >= 11 is 1.79. The van der Waals surface area contributed by atoms with E-state index in [1.54, 1.807) is 17.6 Å². The van der Waals surface area contributed by atoms with Gasteiger partial charge in [0.1, 0.15) is 5.76 Å². The first-order valence-corrected chi connectivity index (χ1v) is 8.83. The summed E-state index contributed by atoms with van der Waals surface area (Å²) in [6.07, 6.45) is 10.5. The Morgan fingerprint density at radius 3 is 3.09 bits per heavy atom. The molecule has 0 radical (unpaired) electrons. The summed E-state index contributed by atoms with van der Waals surface area (Å²) in [5, 5.41) is 10.6. The first-order valence-electron chi connectivity index (χ1n) is 8.01. The van der Waals surface area contributed by atoms with Gasteiger partial charge in [-0.05, 0) is 44.2 Å². The fraction of sp³-hybridized carbons (Fsp3) is 0.471. The Bertz CT molecular complexity index is 757. The molecule has 0 spiro atoms. The second-order valence-electron chi connectivity index (χ2n) is 5.97. The second kappa shape index (κ2) is 5.89. The van der Waals surface area contributed by atoms with Gasteiger partial charge in [0, 0.05) is 17.0 Å². The topological polar surface area (TPSA) is 50.7 Å². The SMILES string of the molecule is OC(CCc1ccco1)c1cnc2sc3c(n12)CCCCC3. The summed E-state index contributed by atoms with van der Waals surface area (Å²) in [6, 6.07) is 3.84. The summed E-state index contributed by atoms with van der Waals surface area (Å²) in [5.74, 6) is 0.920. The molecule has 3 aromatic heterocycles. The number of rotatable bonds is 4. The van der Waals surface area contributed by atoms with Crippen LogP contribution >= 0.6 is 11.3 Å². The number of imidazole rings is 1. The molecule has 116 valence electrons. The van der Waals surface area contributed by atoms with Crippen LogP contribution in [0.3, 0.4) is 0 Å². The van der Waals surface area contributed by atoms with E-state index in [4.69, 9.17) is 4.42 Å². The van der Waals surface area contributed by atoms with Gasteiger partial charge in [0.25, 0.3) is 0 Å². The van der Waals surface area contributed by atoms with Crippen LogP contribution in [0.5, 0.6) is 0 Å². The molecule has 1 N–H and O–H groups in total. The van der Waals surface area contributed by atoms with E-state index in [0.717, 1.165) is 35.7 Å². The van der Waals surface area contributed by atoms with Crippen molar-refractivity contribution in [1.29, 1.82) is 0 Å². The van der Waals surface area contributed by atoms with Crippen molar-refractivity contribution in [2.75, 3.05) is 0 Å². The van der Waals surface area contributed by atoms with Crippen LogP contribution in [0.2, 0.25) is 0 Å². The van der Waals surface area contributed by atoms with Gasteiger partial charge in [0.2, 0.25) is 0 Å². The number of furan rings is 1. The molecule has 3 heterocycles. The second-order valence-corrected chi connectivity index (χ2v) is 7.03. The average Bonchev–Trinajstić information content (AvgIpc) is 3.20. The number of aliphatic hydroxyl groups is 1. The van der Waals surface area contributed by atoms with Gasteiger partial charge in [-0.3, -0.25) is 4.40 Å². The van der Waals surface area contributed by atoms with Crippen LogP contribution in [-0.4, -0.2) is 14.5 Å². The molecule has 5 heteroatoms. The van der Waals surface area contributed by atoms with Crippen molar-refractivity contribution in [3.05, 3.63) is 46.6 Å². The molecular weight excluding hydrogens is 296 g/mol. The molecule has 1 unspecified atom stereocenters. The number of aryl methyl sites for hydroxylation is 3. The van der Waals surface area contributed by atoms with Crippen molar-refractivity contribution in [3.8, 4) is 0 Å². The number of hydrogen-bond acceptors (Lipinski definition) is 4. The Morgan fingerprint density at radius 2 is 2.23 bits per heavy atom. The van der Waals surface area contributed by atoms with Gasteiger partial charge in [0.15, 0.2) is 4.96 Å². The molecule has 1 aliphatic carbocycles.